The van der Waals surface area contributed by atoms with Crippen LogP contribution in [0.3, 0.4) is 0 Å². The second kappa shape index (κ2) is 11.8. The molecule has 5 atom stereocenters. The SMILES string of the molecule is CC(=O)OC[C@H]1[C@H](OC2=CC(=O)c3ccccc3C2=O)O[C@H](COC(C)=O)[C@@H](OC(C)=O)[C@@H]1OC(C)=O. The molecule has 0 N–H and O–H groups in total. The number of benzene rings is 1. The van der Waals surface area contributed by atoms with Crippen LogP contribution in [0.25, 0.3) is 0 Å². The average Bonchev–Trinajstić information content (AvgIpc) is 2.81. The number of fused-ring (bicyclic) bond motifs is 1. The van der Waals surface area contributed by atoms with E-state index in [1.54, 1.807) is 12.1 Å². The van der Waals surface area contributed by atoms with Crippen LogP contribution in [0.15, 0.2) is 36.1 Å². The fourth-order valence-electron chi connectivity index (χ4n) is 3.98. The van der Waals surface area contributed by atoms with E-state index in [-0.39, 0.29) is 16.9 Å². The molecule has 0 radical (unpaired) electrons. The van der Waals surface area contributed by atoms with Gasteiger partial charge in [-0.3, -0.25) is 28.8 Å². The van der Waals surface area contributed by atoms with E-state index in [9.17, 15) is 28.8 Å². The number of carbonyl (C=O) groups excluding carboxylic acids is 6. The summed E-state index contributed by atoms with van der Waals surface area (Å²) in [4.78, 5) is 72.5. The molecule has 1 aliphatic heterocycles. The zero-order valence-electron chi connectivity index (χ0n) is 20.6. The predicted molar refractivity (Wildman–Crippen MR) is 121 cm³/mol. The van der Waals surface area contributed by atoms with Crippen molar-refractivity contribution in [1.29, 1.82) is 0 Å². The fourth-order valence-corrected chi connectivity index (χ4v) is 3.98. The molecule has 198 valence electrons. The highest BCUT2D eigenvalue weighted by molar-refractivity contribution is 6.23. The van der Waals surface area contributed by atoms with E-state index < -0.39 is 79.2 Å². The minimum atomic E-state index is -1.45. The first-order valence-electron chi connectivity index (χ1n) is 11.3. The lowest BCUT2D eigenvalue weighted by Gasteiger charge is -2.44. The van der Waals surface area contributed by atoms with Crippen LogP contribution in [0, 0.1) is 5.92 Å². The van der Waals surface area contributed by atoms with E-state index in [4.69, 9.17) is 28.4 Å². The predicted octanol–water partition coefficient (Wildman–Crippen LogP) is 1.30. The molecule has 1 saturated heterocycles. The van der Waals surface area contributed by atoms with Gasteiger partial charge in [0, 0.05) is 44.9 Å². The van der Waals surface area contributed by atoms with Gasteiger partial charge in [-0.25, -0.2) is 0 Å². The molecule has 1 aromatic carbocycles. The standard InChI is InChI=1S/C25H26O12/c1-12(26)32-10-18-23(34-14(3)28)24(35-15(4)29)21(11-33-13(2)27)37-25(18)36-20-9-19(30)16-7-5-6-8-17(16)22(20)31/h5-9,18,21,23-25H,10-11H2,1-4H3/t18-,21-,23-,24-,25-/m1/s1. The molecular formula is C25H26O12. The third kappa shape index (κ3) is 6.79. The van der Waals surface area contributed by atoms with Crippen LogP contribution in [-0.4, -0.2) is 73.3 Å². The number of ether oxygens (including phenoxy) is 6. The van der Waals surface area contributed by atoms with E-state index >= 15 is 0 Å². The summed E-state index contributed by atoms with van der Waals surface area (Å²) in [5.41, 5.74) is 0.310. The highest BCUT2D eigenvalue weighted by Crippen LogP contribution is 2.35. The summed E-state index contributed by atoms with van der Waals surface area (Å²) in [5, 5.41) is 0. The zero-order chi connectivity index (χ0) is 27.3. The van der Waals surface area contributed by atoms with Gasteiger partial charge in [0.05, 0.1) is 5.92 Å². The summed E-state index contributed by atoms with van der Waals surface area (Å²) < 4.78 is 32.7. The molecule has 1 heterocycles. The minimum absolute atomic E-state index is 0.114. The van der Waals surface area contributed by atoms with E-state index in [1.165, 1.54) is 12.1 Å². The normalized spacial score (nSPS) is 24.8. The van der Waals surface area contributed by atoms with Gasteiger partial charge < -0.3 is 28.4 Å². The molecule has 1 fully saturated rings. The Morgan fingerprint density at radius 3 is 1.95 bits per heavy atom. The minimum Gasteiger partial charge on any atom is -0.465 e. The Bertz CT molecular complexity index is 1140. The number of carbonyl (C=O) groups is 6. The van der Waals surface area contributed by atoms with Crippen molar-refractivity contribution in [2.24, 2.45) is 5.92 Å². The van der Waals surface area contributed by atoms with Crippen molar-refractivity contribution >= 4 is 35.4 Å². The Kier molecular flexibility index (Phi) is 8.77. The highest BCUT2D eigenvalue weighted by Gasteiger charge is 2.52. The summed E-state index contributed by atoms with van der Waals surface area (Å²) >= 11 is 0. The van der Waals surface area contributed by atoms with Crippen molar-refractivity contribution in [3.05, 3.63) is 47.2 Å². The summed E-state index contributed by atoms with van der Waals surface area (Å²) in [6.07, 6.45) is -4.26. The van der Waals surface area contributed by atoms with Gasteiger partial charge in [0.2, 0.25) is 12.1 Å². The molecule has 37 heavy (non-hydrogen) atoms. The largest absolute Gasteiger partial charge is 0.465 e. The number of allylic oxidation sites excluding steroid dienone is 2. The van der Waals surface area contributed by atoms with Crippen molar-refractivity contribution in [2.75, 3.05) is 13.2 Å². The lowest BCUT2D eigenvalue weighted by Crippen LogP contribution is -2.60. The number of hydrogen-bond acceptors (Lipinski definition) is 12. The number of Topliss-reactive ketones (excluding diaryl/α,β-unsaturated/α-hetero) is 1. The van der Waals surface area contributed by atoms with Gasteiger partial charge >= 0.3 is 23.9 Å². The van der Waals surface area contributed by atoms with Crippen LogP contribution in [0.4, 0.5) is 0 Å². The molecule has 2 aliphatic rings. The third-order valence-electron chi connectivity index (χ3n) is 5.47. The monoisotopic (exact) mass is 518 g/mol. The van der Waals surface area contributed by atoms with Crippen molar-refractivity contribution in [3.63, 3.8) is 0 Å². The molecule has 0 bridgehead atoms. The Balaban J connectivity index is 2.00. The molecular weight excluding hydrogens is 492 g/mol. The van der Waals surface area contributed by atoms with E-state index in [0.29, 0.717) is 0 Å². The maximum absolute atomic E-state index is 13.1. The van der Waals surface area contributed by atoms with Gasteiger partial charge in [0.15, 0.2) is 23.8 Å². The molecule has 0 aromatic heterocycles. The first-order valence-corrected chi connectivity index (χ1v) is 11.3. The zero-order valence-corrected chi connectivity index (χ0v) is 20.6. The van der Waals surface area contributed by atoms with E-state index in [2.05, 4.69) is 0 Å². The maximum Gasteiger partial charge on any atom is 0.303 e. The first kappa shape index (κ1) is 27.5. The lowest BCUT2D eigenvalue weighted by molar-refractivity contribution is -0.286. The van der Waals surface area contributed by atoms with Crippen LogP contribution >= 0.6 is 0 Å². The highest BCUT2D eigenvalue weighted by atomic mass is 16.7. The summed E-state index contributed by atoms with van der Waals surface area (Å²) in [5.74, 6) is -5.43. The second-order valence-electron chi connectivity index (χ2n) is 8.33. The van der Waals surface area contributed by atoms with Gasteiger partial charge in [0.1, 0.15) is 19.3 Å². The lowest BCUT2D eigenvalue weighted by atomic mass is 9.90. The Labute approximate surface area is 211 Å². The Morgan fingerprint density at radius 2 is 1.35 bits per heavy atom. The quantitative estimate of drug-likeness (QED) is 0.359. The molecule has 12 heteroatoms. The molecule has 0 saturated carbocycles. The number of rotatable bonds is 8. The van der Waals surface area contributed by atoms with Crippen LogP contribution in [0.5, 0.6) is 0 Å². The maximum atomic E-state index is 13.1. The first-order chi connectivity index (χ1) is 17.5. The molecule has 1 aliphatic carbocycles. The molecule has 1 aromatic rings. The van der Waals surface area contributed by atoms with Gasteiger partial charge in [-0.2, -0.15) is 0 Å². The summed E-state index contributed by atoms with van der Waals surface area (Å²) in [6.45, 7) is 3.67. The molecule has 0 amide bonds. The number of ketones is 2. The van der Waals surface area contributed by atoms with Crippen molar-refractivity contribution < 1.29 is 57.2 Å². The van der Waals surface area contributed by atoms with Crippen LogP contribution in [0.1, 0.15) is 48.4 Å². The van der Waals surface area contributed by atoms with Crippen LogP contribution < -0.4 is 0 Å². The van der Waals surface area contributed by atoms with Gasteiger partial charge in [-0.15, -0.1) is 0 Å². The Morgan fingerprint density at radius 1 is 0.784 bits per heavy atom. The van der Waals surface area contributed by atoms with Gasteiger partial charge in [-0.1, -0.05) is 24.3 Å². The molecule has 3 rings (SSSR count). The summed E-state index contributed by atoms with van der Waals surface area (Å²) in [6, 6.07) is 6.16. The fraction of sp³-hybridized carbons (Fsp3) is 0.440. The van der Waals surface area contributed by atoms with Crippen molar-refractivity contribution in [2.45, 2.75) is 52.3 Å². The Hall–Kier alpha value is -4.06. The number of hydrogen-bond donors (Lipinski definition) is 0. The van der Waals surface area contributed by atoms with Gasteiger partial charge in [0.25, 0.3) is 0 Å². The van der Waals surface area contributed by atoms with Gasteiger partial charge in [-0.05, 0) is 0 Å². The summed E-state index contributed by atoms with van der Waals surface area (Å²) in [7, 11) is 0. The third-order valence-corrected chi connectivity index (χ3v) is 5.47. The molecule has 0 unspecified atom stereocenters. The van der Waals surface area contributed by atoms with Crippen molar-refractivity contribution in [1.82, 2.24) is 0 Å². The van der Waals surface area contributed by atoms with E-state index in [1.807, 2.05) is 0 Å². The van der Waals surface area contributed by atoms with E-state index in [0.717, 1.165) is 33.8 Å². The van der Waals surface area contributed by atoms with Crippen LogP contribution in [0.2, 0.25) is 0 Å². The second-order valence-corrected chi connectivity index (χ2v) is 8.33. The smallest absolute Gasteiger partial charge is 0.303 e. The molecule has 0 spiro atoms. The molecule has 12 nitrogen and oxygen atoms in total. The van der Waals surface area contributed by atoms with Crippen LogP contribution in [-0.2, 0) is 47.6 Å². The van der Waals surface area contributed by atoms with Crippen molar-refractivity contribution in [3.8, 4) is 0 Å². The topological polar surface area (TPSA) is 158 Å². The average molecular weight is 518 g/mol. The number of esters is 4.